The normalized spacial score (nSPS) is 11.0. The molecule has 5 nitrogen and oxygen atoms in total. The average Bonchev–Trinajstić information content (AvgIpc) is 2.62. The van der Waals surface area contributed by atoms with Crippen LogP contribution in [0.15, 0.2) is 42.6 Å². The van der Waals surface area contributed by atoms with E-state index in [9.17, 15) is 9.90 Å². The quantitative estimate of drug-likeness (QED) is 0.509. The zero-order chi connectivity index (χ0) is 18.8. The monoisotopic (exact) mass is 350 g/mol. The Morgan fingerprint density at radius 3 is 2.65 bits per heavy atom. The van der Waals surface area contributed by atoms with Crippen molar-refractivity contribution in [2.75, 3.05) is 12.4 Å². The molecule has 1 heterocycles. The van der Waals surface area contributed by atoms with E-state index in [0.717, 1.165) is 16.6 Å². The molecule has 0 radical (unpaired) electrons. The minimum Gasteiger partial charge on any atom is -0.508 e. The van der Waals surface area contributed by atoms with Crippen molar-refractivity contribution in [1.29, 1.82) is 0 Å². The van der Waals surface area contributed by atoms with Gasteiger partial charge in [0.2, 0.25) is 0 Å². The summed E-state index contributed by atoms with van der Waals surface area (Å²) in [6.07, 6.45) is 1.60. The number of pyridine rings is 1. The molecule has 0 saturated carbocycles. The van der Waals surface area contributed by atoms with Crippen LogP contribution >= 0.6 is 0 Å². The van der Waals surface area contributed by atoms with Crippen LogP contribution in [0.25, 0.3) is 10.9 Å². The summed E-state index contributed by atoms with van der Waals surface area (Å²) in [7, 11) is 1.60. The highest BCUT2D eigenvalue weighted by Gasteiger charge is 2.20. The molecular weight excluding hydrogens is 328 g/mol. The molecule has 0 unspecified atom stereocenters. The first-order valence-corrected chi connectivity index (χ1v) is 8.49. The van der Waals surface area contributed by atoms with Crippen LogP contribution in [0, 0.1) is 12.8 Å². The van der Waals surface area contributed by atoms with Gasteiger partial charge in [-0.05, 0) is 36.8 Å². The number of rotatable bonds is 5. The molecule has 26 heavy (non-hydrogen) atoms. The third-order valence-corrected chi connectivity index (χ3v) is 4.34. The zero-order valence-electron chi connectivity index (χ0n) is 15.3. The van der Waals surface area contributed by atoms with Crippen LogP contribution in [-0.4, -0.2) is 23.0 Å². The van der Waals surface area contributed by atoms with Crippen molar-refractivity contribution in [2.24, 2.45) is 5.92 Å². The summed E-state index contributed by atoms with van der Waals surface area (Å²) in [5, 5.41) is 13.8. The Morgan fingerprint density at radius 2 is 2.00 bits per heavy atom. The third-order valence-electron chi connectivity index (χ3n) is 4.34. The van der Waals surface area contributed by atoms with Gasteiger partial charge in [0, 0.05) is 23.2 Å². The summed E-state index contributed by atoms with van der Waals surface area (Å²) < 4.78 is 5.41. The van der Waals surface area contributed by atoms with E-state index >= 15 is 0 Å². The van der Waals surface area contributed by atoms with Crippen molar-refractivity contribution < 1.29 is 14.6 Å². The lowest BCUT2D eigenvalue weighted by Crippen LogP contribution is -2.11. The fourth-order valence-electron chi connectivity index (χ4n) is 2.92. The molecule has 2 N–H and O–H groups in total. The number of Topliss-reactive ketones (excluding diaryl/α,β-unsaturated/α-hetero) is 1. The molecule has 0 bridgehead atoms. The number of nitrogens with zero attached hydrogens (tertiary/aromatic N) is 1. The standard InChI is InChI=1S/C21H22N2O3/c1-12(2)21(25)16-11-22-20-15(6-5-7-18(20)26-4)19(16)23-17-9-8-14(24)10-13(17)3/h5-12,24H,1-4H3,(H,22,23). The van der Waals surface area contributed by atoms with Crippen molar-refractivity contribution in [3.63, 3.8) is 0 Å². The van der Waals surface area contributed by atoms with Gasteiger partial charge in [0.05, 0.1) is 18.4 Å². The topological polar surface area (TPSA) is 71.4 Å². The number of ketones is 1. The summed E-state index contributed by atoms with van der Waals surface area (Å²) >= 11 is 0. The van der Waals surface area contributed by atoms with Crippen LogP contribution in [0.4, 0.5) is 11.4 Å². The predicted octanol–water partition coefficient (Wildman–Crippen LogP) is 4.84. The number of para-hydroxylation sites is 1. The van der Waals surface area contributed by atoms with Gasteiger partial charge in [0.1, 0.15) is 17.0 Å². The smallest absolute Gasteiger partial charge is 0.169 e. The molecule has 2 aromatic carbocycles. The summed E-state index contributed by atoms with van der Waals surface area (Å²) in [5.74, 6) is 0.715. The molecule has 5 heteroatoms. The minimum atomic E-state index is -0.152. The van der Waals surface area contributed by atoms with Crippen LogP contribution < -0.4 is 10.1 Å². The van der Waals surface area contributed by atoms with Gasteiger partial charge >= 0.3 is 0 Å². The molecule has 0 atom stereocenters. The second-order valence-corrected chi connectivity index (χ2v) is 6.55. The third kappa shape index (κ3) is 3.20. The van der Waals surface area contributed by atoms with Gasteiger partial charge in [0.15, 0.2) is 5.78 Å². The Hall–Kier alpha value is -3.08. The number of anilines is 2. The van der Waals surface area contributed by atoms with E-state index in [1.54, 1.807) is 31.5 Å². The highest BCUT2D eigenvalue weighted by molar-refractivity contribution is 6.10. The molecule has 0 aliphatic heterocycles. The number of nitrogens with one attached hydrogen (secondary N) is 1. The maximum atomic E-state index is 12.7. The Labute approximate surface area is 152 Å². The fourth-order valence-corrected chi connectivity index (χ4v) is 2.92. The maximum Gasteiger partial charge on any atom is 0.169 e. The Balaban J connectivity index is 2.24. The van der Waals surface area contributed by atoms with E-state index in [4.69, 9.17) is 4.74 Å². The SMILES string of the molecule is COc1cccc2c(Nc3ccc(O)cc3C)c(C(=O)C(C)C)cnc12. The zero-order valence-corrected chi connectivity index (χ0v) is 15.3. The highest BCUT2D eigenvalue weighted by atomic mass is 16.5. The lowest BCUT2D eigenvalue weighted by Gasteiger charge is -2.17. The van der Waals surface area contributed by atoms with Crippen molar-refractivity contribution in [3.05, 3.63) is 53.7 Å². The van der Waals surface area contributed by atoms with Gasteiger partial charge in [-0.25, -0.2) is 0 Å². The van der Waals surface area contributed by atoms with E-state index in [1.165, 1.54) is 0 Å². The van der Waals surface area contributed by atoms with E-state index < -0.39 is 0 Å². The van der Waals surface area contributed by atoms with Gasteiger partial charge in [0.25, 0.3) is 0 Å². The van der Waals surface area contributed by atoms with Crippen LogP contribution in [0.3, 0.4) is 0 Å². The van der Waals surface area contributed by atoms with Gasteiger partial charge in [-0.3, -0.25) is 9.78 Å². The summed E-state index contributed by atoms with van der Waals surface area (Å²) in [6.45, 7) is 5.64. The number of fused-ring (bicyclic) bond motifs is 1. The minimum absolute atomic E-state index is 0.0150. The van der Waals surface area contributed by atoms with Crippen LogP contribution in [-0.2, 0) is 0 Å². The molecule has 0 fully saturated rings. The number of phenols is 1. The number of aromatic hydroxyl groups is 1. The van der Waals surface area contributed by atoms with E-state index in [1.807, 2.05) is 39.0 Å². The van der Waals surface area contributed by atoms with Crippen molar-refractivity contribution in [3.8, 4) is 11.5 Å². The number of phenolic OH excluding ortho intramolecular Hbond substituents is 1. The summed E-state index contributed by atoms with van der Waals surface area (Å²) in [4.78, 5) is 17.2. The number of carbonyl (C=O) groups excluding carboxylic acids is 1. The predicted molar refractivity (Wildman–Crippen MR) is 104 cm³/mol. The lowest BCUT2D eigenvalue weighted by molar-refractivity contribution is 0.0940. The number of methoxy groups -OCH3 is 1. The molecule has 0 spiro atoms. The number of carbonyl (C=O) groups is 1. The highest BCUT2D eigenvalue weighted by Crippen LogP contribution is 2.35. The summed E-state index contributed by atoms with van der Waals surface area (Å²) in [6, 6.07) is 10.7. The first-order chi connectivity index (χ1) is 12.4. The van der Waals surface area contributed by atoms with Crippen LogP contribution in [0.2, 0.25) is 0 Å². The van der Waals surface area contributed by atoms with Gasteiger partial charge in [-0.1, -0.05) is 26.0 Å². The largest absolute Gasteiger partial charge is 0.508 e. The maximum absolute atomic E-state index is 12.7. The Morgan fingerprint density at radius 1 is 1.23 bits per heavy atom. The number of hydrogen-bond donors (Lipinski definition) is 2. The Kier molecular flexibility index (Phi) is 4.80. The lowest BCUT2D eigenvalue weighted by atomic mass is 9.98. The van der Waals surface area contributed by atoms with E-state index in [0.29, 0.717) is 22.5 Å². The van der Waals surface area contributed by atoms with E-state index in [2.05, 4.69) is 10.3 Å². The second-order valence-electron chi connectivity index (χ2n) is 6.55. The van der Waals surface area contributed by atoms with Gasteiger partial charge in [-0.15, -0.1) is 0 Å². The molecule has 3 aromatic rings. The number of hydrogen-bond acceptors (Lipinski definition) is 5. The Bertz CT molecular complexity index is 980. The van der Waals surface area contributed by atoms with Crippen LogP contribution in [0.5, 0.6) is 11.5 Å². The molecule has 1 aromatic heterocycles. The first-order valence-electron chi connectivity index (χ1n) is 8.49. The molecule has 0 aliphatic carbocycles. The summed E-state index contributed by atoms with van der Waals surface area (Å²) in [5.41, 5.74) is 3.61. The second kappa shape index (κ2) is 7.04. The number of ether oxygens (including phenoxy) is 1. The molecule has 0 aliphatic rings. The average molecular weight is 350 g/mol. The van der Waals surface area contributed by atoms with Crippen molar-refractivity contribution in [1.82, 2.24) is 4.98 Å². The van der Waals surface area contributed by atoms with Gasteiger partial charge < -0.3 is 15.2 Å². The van der Waals surface area contributed by atoms with Gasteiger partial charge in [-0.2, -0.15) is 0 Å². The number of aryl methyl sites for hydroxylation is 1. The molecule has 0 amide bonds. The van der Waals surface area contributed by atoms with Crippen LogP contribution in [0.1, 0.15) is 29.8 Å². The molecular formula is C21H22N2O3. The molecule has 134 valence electrons. The molecule has 0 saturated heterocycles. The molecule has 3 rings (SSSR count). The number of benzene rings is 2. The van der Waals surface area contributed by atoms with Crippen molar-refractivity contribution in [2.45, 2.75) is 20.8 Å². The number of aromatic nitrogens is 1. The first kappa shape index (κ1) is 17.7. The van der Waals surface area contributed by atoms with E-state index in [-0.39, 0.29) is 17.5 Å². The fraction of sp³-hybridized carbons (Fsp3) is 0.238. The van der Waals surface area contributed by atoms with Crippen molar-refractivity contribution >= 4 is 28.1 Å².